The summed E-state index contributed by atoms with van der Waals surface area (Å²) in [6.45, 7) is 3.33. The van der Waals surface area contributed by atoms with Crippen LogP contribution in [0, 0.1) is 34.1 Å². The molecular weight excluding hydrogens is 629 g/mol. The minimum atomic E-state index is -5.41. The third-order valence-corrected chi connectivity index (χ3v) is 7.03. The van der Waals surface area contributed by atoms with Crippen LogP contribution in [0.25, 0.3) is 22.3 Å². The quantitative estimate of drug-likeness (QED) is 0.118. The van der Waals surface area contributed by atoms with Gasteiger partial charge in [-0.1, -0.05) is 82.9 Å². The molecule has 0 spiro atoms. The fourth-order valence-electron chi connectivity index (χ4n) is 4.32. The first-order chi connectivity index (χ1) is 19.9. The Bertz CT molecular complexity index is 1630. The maximum absolute atomic E-state index is 14.2. The van der Waals surface area contributed by atoms with E-state index >= 15 is 0 Å². The van der Waals surface area contributed by atoms with Crippen molar-refractivity contribution in [3.05, 3.63) is 113 Å². The molecule has 0 aliphatic heterocycles. The molecule has 7 nitrogen and oxygen atoms in total. The Balaban J connectivity index is 2.08. The summed E-state index contributed by atoms with van der Waals surface area (Å²) in [6.07, 6.45) is -10.8. The average Bonchev–Trinajstić information content (AvgIpc) is 2.89. The van der Waals surface area contributed by atoms with Crippen molar-refractivity contribution in [1.29, 1.82) is 0 Å². The van der Waals surface area contributed by atoms with E-state index in [4.69, 9.17) is 27.9 Å². The molecule has 0 aromatic heterocycles. The highest BCUT2D eigenvalue weighted by Crippen LogP contribution is 2.54. The lowest BCUT2D eigenvalue weighted by atomic mass is 9.97. The second-order valence-electron chi connectivity index (χ2n) is 9.26. The number of benzene rings is 4. The zero-order valence-electron chi connectivity index (χ0n) is 21.7. The number of halogens is 8. The maximum atomic E-state index is 14.2. The van der Waals surface area contributed by atoms with Crippen molar-refractivity contribution in [2.75, 3.05) is 0 Å². The largest absolute Gasteiger partial charge is 0.454 e. The number of ether oxygens (including phenoxy) is 1. The van der Waals surface area contributed by atoms with Crippen molar-refractivity contribution >= 4 is 34.6 Å². The van der Waals surface area contributed by atoms with E-state index in [1.165, 1.54) is 48.5 Å². The monoisotopic (exact) mass is 644 g/mol. The SMILES string of the molecule is Cc1ccc(-c2cc(Oc3cc(-c4ccc(C)cc4)c([N+](=O)[O-])c(C(F)(F)F)c3Cl)c(Cl)c(C(F)(F)F)c2[N+](=O)[O-])cc1. The van der Waals surface area contributed by atoms with Gasteiger partial charge < -0.3 is 4.74 Å². The van der Waals surface area contributed by atoms with E-state index < -0.39 is 77.4 Å². The summed E-state index contributed by atoms with van der Waals surface area (Å²) in [4.78, 5) is 21.2. The Hall–Kier alpha value is -4.36. The van der Waals surface area contributed by atoms with Crippen LogP contribution >= 0.6 is 23.2 Å². The minimum Gasteiger partial charge on any atom is -0.454 e. The fourth-order valence-corrected chi connectivity index (χ4v) is 4.90. The van der Waals surface area contributed by atoms with Gasteiger partial charge in [0.05, 0.1) is 21.0 Å². The van der Waals surface area contributed by atoms with E-state index in [1.54, 1.807) is 13.8 Å². The van der Waals surface area contributed by atoms with Crippen LogP contribution in [0.4, 0.5) is 37.7 Å². The van der Waals surface area contributed by atoms with Crippen molar-refractivity contribution in [1.82, 2.24) is 0 Å². The van der Waals surface area contributed by atoms with E-state index in [1.807, 2.05) is 0 Å². The summed E-state index contributed by atoms with van der Waals surface area (Å²) < 4.78 is 90.7. The number of nitrogens with zero attached hydrogens (tertiary/aromatic N) is 2. The number of rotatable bonds is 6. The molecule has 0 aliphatic carbocycles. The van der Waals surface area contributed by atoms with Crippen LogP contribution < -0.4 is 4.74 Å². The fraction of sp³-hybridized carbons (Fsp3) is 0.143. The van der Waals surface area contributed by atoms with Gasteiger partial charge >= 0.3 is 12.4 Å². The topological polar surface area (TPSA) is 95.5 Å². The molecule has 15 heteroatoms. The molecule has 0 aliphatic rings. The summed E-state index contributed by atoms with van der Waals surface area (Å²) in [5.41, 5.74) is -6.65. The van der Waals surface area contributed by atoms with Gasteiger partial charge in [-0.25, -0.2) is 0 Å². The third kappa shape index (κ3) is 6.22. The standard InChI is InChI=1S/C28H16Cl2F6N2O5/c1-13-3-7-15(8-4-13)17-11-19(23(29)21(27(31,32)33)25(17)37(39)40)43-20-12-18(16-9-5-14(2)6-10-16)26(38(41)42)22(24(20)30)28(34,35)36/h3-12H,1-2H3. The van der Waals surface area contributed by atoms with Gasteiger partial charge in [0, 0.05) is 0 Å². The van der Waals surface area contributed by atoms with Gasteiger partial charge in [0.2, 0.25) is 0 Å². The molecule has 0 saturated carbocycles. The zero-order chi connectivity index (χ0) is 32.0. The molecule has 0 fully saturated rings. The normalized spacial score (nSPS) is 11.9. The minimum absolute atomic E-state index is 0.0598. The van der Waals surface area contributed by atoms with Gasteiger partial charge in [0.15, 0.2) is 11.1 Å². The Labute approximate surface area is 248 Å². The first-order valence-electron chi connectivity index (χ1n) is 11.9. The lowest BCUT2D eigenvalue weighted by molar-refractivity contribution is -0.387. The number of hydrogen-bond donors (Lipinski definition) is 0. The van der Waals surface area contributed by atoms with Crippen LogP contribution in [0.1, 0.15) is 22.3 Å². The van der Waals surface area contributed by atoms with Gasteiger partial charge in [-0.3, -0.25) is 20.2 Å². The van der Waals surface area contributed by atoms with E-state index in [0.717, 1.165) is 12.1 Å². The number of aryl methyl sites for hydroxylation is 2. The van der Waals surface area contributed by atoms with Crippen LogP contribution in [-0.2, 0) is 12.4 Å². The molecule has 0 N–H and O–H groups in total. The third-order valence-electron chi connectivity index (χ3n) is 6.28. The molecule has 0 radical (unpaired) electrons. The lowest BCUT2D eigenvalue weighted by Gasteiger charge is -2.19. The summed E-state index contributed by atoms with van der Waals surface area (Å²) in [7, 11) is 0. The highest BCUT2D eigenvalue weighted by Gasteiger charge is 2.46. The smallest absolute Gasteiger partial charge is 0.424 e. The summed E-state index contributed by atoms with van der Waals surface area (Å²) in [6, 6.07) is 12.6. The van der Waals surface area contributed by atoms with Crippen molar-refractivity contribution in [3.8, 4) is 33.8 Å². The van der Waals surface area contributed by atoms with Crippen molar-refractivity contribution in [2.24, 2.45) is 0 Å². The van der Waals surface area contributed by atoms with Crippen LogP contribution in [0.5, 0.6) is 11.5 Å². The van der Waals surface area contributed by atoms with Gasteiger partial charge in [-0.15, -0.1) is 0 Å². The lowest BCUT2D eigenvalue weighted by Crippen LogP contribution is -2.13. The molecule has 0 amide bonds. The molecule has 0 unspecified atom stereocenters. The maximum Gasteiger partial charge on any atom is 0.424 e. The van der Waals surface area contributed by atoms with Crippen LogP contribution in [0.3, 0.4) is 0 Å². The first kappa shape index (κ1) is 31.6. The van der Waals surface area contributed by atoms with E-state index in [0.29, 0.717) is 11.1 Å². The molecule has 4 aromatic carbocycles. The van der Waals surface area contributed by atoms with E-state index in [2.05, 4.69) is 0 Å². The van der Waals surface area contributed by atoms with Crippen molar-refractivity contribution < 1.29 is 40.9 Å². The predicted octanol–water partition coefficient (Wildman–Crippen LogP) is 10.6. The van der Waals surface area contributed by atoms with Crippen LogP contribution in [-0.4, -0.2) is 9.85 Å². The van der Waals surface area contributed by atoms with Crippen molar-refractivity contribution in [2.45, 2.75) is 26.2 Å². The first-order valence-corrected chi connectivity index (χ1v) is 12.7. The number of nitro benzene ring substituents is 2. The predicted molar refractivity (Wildman–Crippen MR) is 147 cm³/mol. The highest BCUT2D eigenvalue weighted by molar-refractivity contribution is 6.34. The molecule has 4 rings (SSSR count). The molecule has 0 saturated heterocycles. The van der Waals surface area contributed by atoms with Gasteiger partial charge in [0.1, 0.15) is 21.5 Å². The van der Waals surface area contributed by atoms with Crippen LogP contribution in [0.15, 0.2) is 60.7 Å². The second-order valence-corrected chi connectivity index (χ2v) is 10.0. The van der Waals surface area contributed by atoms with Gasteiger partial charge in [0.25, 0.3) is 11.4 Å². The molecule has 4 aromatic rings. The highest BCUT2D eigenvalue weighted by atomic mass is 35.5. The van der Waals surface area contributed by atoms with Crippen LogP contribution in [0.2, 0.25) is 10.0 Å². The second kappa shape index (κ2) is 11.4. The van der Waals surface area contributed by atoms with E-state index in [-0.39, 0.29) is 11.1 Å². The average molecular weight is 645 g/mol. The molecule has 43 heavy (non-hydrogen) atoms. The number of nitro groups is 2. The van der Waals surface area contributed by atoms with E-state index in [9.17, 15) is 46.6 Å². The Morgan fingerprint density at radius 3 is 1.19 bits per heavy atom. The summed E-state index contributed by atoms with van der Waals surface area (Å²) in [5.74, 6) is -1.87. The summed E-state index contributed by atoms with van der Waals surface area (Å²) in [5, 5.41) is 21.1. The Kier molecular flexibility index (Phi) is 8.35. The van der Waals surface area contributed by atoms with Crippen molar-refractivity contribution in [3.63, 3.8) is 0 Å². The Morgan fingerprint density at radius 2 is 0.930 bits per heavy atom. The molecule has 0 atom stereocenters. The molecular formula is C28H16Cl2F6N2O5. The Morgan fingerprint density at radius 1 is 0.628 bits per heavy atom. The molecule has 224 valence electrons. The van der Waals surface area contributed by atoms with Gasteiger partial charge in [-0.05, 0) is 37.1 Å². The summed E-state index contributed by atoms with van der Waals surface area (Å²) >= 11 is 12.0. The zero-order valence-corrected chi connectivity index (χ0v) is 23.2. The molecule has 0 bridgehead atoms. The van der Waals surface area contributed by atoms with Gasteiger partial charge in [-0.2, -0.15) is 26.3 Å². The number of hydrogen-bond acceptors (Lipinski definition) is 5. The number of alkyl halides is 6. The molecule has 0 heterocycles.